The molecule has 0 aromatic rings. The molecule has 0 aliphatic heterocycles. The summed E-state index contributed by atoms with van der Waals surface area (Å²) in [6, 6.07) is 0.275. The van der Waals surface area contributed by atoms with E-state index < -0.39 is 5.41 Å². The highest BCUT2D eigenvalue weighted by molar-refractivity contribution is 14.1. The molecule has 0 aromatic heterocycles. The topological polar surface area (TPSA) is 38.3 Å². The Labute approximate surface area is 98.8 Å². The van der Waals surface area contributed by atoms with E-state index in [1.807, 2.05) is 12.2 Å². The third kappa shape index (κ3) is 1.95. The molecule has 0 amide bonds. The molecule has 0 radical (unpaired) electrons. The maximum atomic E-state index is 11.7. The molecular formula is C10H16INO2. The summed E-state index contributed by atoms with van der Waals surface area (Å²) < 4.78 is 8.00. The van der Waals surface area contributed by atoms with E-state index in [4.69, 9.17) is 4.74 Å². The van der Waals surface area contributed by atoms with Gasteiger partial charge in [0.15, 0.2) is 0 Å². The molecule has 3 nitrogen and oxygen atoms in total. The molecule has 80 valence electrons. The minimum absolute atomic E-state index is 0.127. The van der Waals surface area contributed by atoms with Crippen LogP contribution in [0.15, 0.2) is 12.2 Å². The number of hydrogen-bond donors (Lipinski definition) is 1. The first-order valence-corrected chi connectivity index (χ1v) is 5.78. The predicted molar refractivity (Wildman–Crippen MR) is 64.0 cm³/mol. The van der Waals surface area contributed by atoms with E-state index in [0.717, 1.165) is 6.42 Å². The van der Waals surface area contributed by atoms with E-state index in [0.29, 0.717) is 0 Å². The molecule has 0 saturated heterocycles. The summed E-state index contributed by atoms with van der Waals surface area (Å²) in [5, 5.41) is 0. The van der Waals surface area contributed by atoms with Crippen molar-refractivity contribution in [2.75, 3.05) is 7.11 Å². The highest BCUT2D eigenvalue weighted by atomic mass is 127. The molecule has 1 rings (SSSR count). The number of carbonyl (C=O) groups is 1. The predicted octanol–water partition coefficient (Wildman–Crippen LogP) is 2.07. The van der Waals surface area contributed by atoms with Crippen LogP contribution < -0.4 is 3.53 Å². The van der Waals surface area contributed by atoms with Gasteiger partial charge in [-0.1, -0.05) is 26.0 Å². The largest absolute Gasteiger partial charge is 0.468 e. The molecule has 1 aliphatic carbocycles. The van der Waals surface area contributed by atoms with E-state index in [9.17, 15) is 4.79 Å². The minimum atomic E-state index is -0.433. The Hall–Kier alpha value is -0.100. The number of halogens is 1. The molecular weight excluding hydrogens is 293 g/mol. The van der Waals surface area contributed by atoms with Gasteiger partial charge in [-0.05, 0) is 12.3 Å². The first kappa shape index (κ1) is 12.0. The van der Waals surface area contributed by atoms with Crippen molar-refractivity contribution in [3.8, 4) is 0 Å². The van der Waals surface area contributed by atoms with Crippen LogP contribution in [-0.2, 0) is 9.53 Å². The van der Waals surface area contributed by atoms with Crippen LogP contribution in [-0.4, -0.2) is 19.1 Å². The van der Waals surface area contributed by atoms with Gasteiger partial charge in [-0.15, -0.1) is 0 Å². The molecule has 14 heavy (non-hydrogen) atoms. The van der Waals surface area contributed by atoms with Crippen molar-refractivity contribution in [3.63, 3.8) is 0 Å². The third-order valence-corrected chi connectivity index (χ3v) is 3.72. The molecule has 0 spiro atoms. The molecule has 0 unspecified atom stereocenters. The van der Waals surface area contributed by atoms with Crippen LogP contribution >= 0.6 is 22.9 Å². The maximum Gasteiger partial charge on any atom is 0.315 e. The van der Waals surface area contributed by atoms with E-state index in [1.165, 1.54) is 7.11 Å². The molecule has 0 heterocycles. The SMILES string of the molecule is COC(=O)[C@@]1(C(C)C)C=C[C@@H](NI)C1. The monoisotopic (exact) mass is 309 g/mol. The second-order valence-electron chi connectivity index (χ2n) is 3.97. The summed E-state index contributed by atoms with van der Waals surface area (Å²) in [5.41, 5.74) is -0.433. The van der Waals surface area contributed by atoms with Gasteiger partial charge in [-0.2, -0.15) is 0 Å². The summed E-state index contributed by atoms with van der Waals surface area (Å²) >= 11 is 2.11. The van der Waals surface area contributed by atoms with Gasteiger partial charge >= 0.3 is 5.97 Å². The molecule has 0 bridgehead atoms. The van der Waals surface area contributed by atoms with Crippen LogP contribution in [0.3, 0.4) is 0 Å². The zero-order valence-corrected chi connectivity index (χ0v) is 10.9. The second kappa shape index (κ2) is 4.61. The van der Waals surface area contributed by atoms with Crippen LogP contribution in [0.4, 0.5) is 0 Å². The van der Waals surface area contributed by atoms with Gasteiger partial charge in [0.25, 0.3) is 0 Å². The Morgan fingerprint density at radius 1 is 1.71 bits per heavy atom. The number of methoxy groups -OCH3 is 1. The van der Waals surface area contributed by atoms with E-state index >= 15 is 0 Å². The fraction of sp³-hybridized carbons (Fsp3) is 0.700. The van der Waals surface area contributed by atoms with Gasteiger partial charge < -0.3 is 4.74 Å². The quantitative estimate of drug-likeness (QED) is 0.375. The van der Waals surface area contributed by atoms with Crippen LogP contribution in [0.1, 0.15) is 20.3 Å². The Balaban J connectivity index is 2.87. The number of nitrogens with one attached hydrogen (secondary N) is 1. The standard InChI is InChI=1S/C10H16INO2/c1-7(2)10(9(13)14-3)5-4-8(6-10)12-11/h4-5,7-8,12H,6H2,1-3H3/t8-,10+/m1/s1. The van der Waals surface area contributed by atoms with Gasteiger partial charge in [0, 0.05) is 28.9 Å². The molecule has 4 heteroatoms. The maximum absolute atomic E-state index is 11.7. The van der Waals surface area contributed by atoms with Crippen molar-refractivity contribution in [1.29, 1.82) is 0 Å². The van der Waals surface area contributed by atoms with Crippen LogP contribution in [0.25, 0.3) is 0 Å². The van der Waals surface area contributed by atoms with Crippen molar-refractivity contribution in [3.05, 3.63) is 12.2 Å². The zero-order valence-electron chi connectivity index (χ0n) is 8.71. The summed E-state index contributed by atoms with van der Waals surface area (Å²) in [5.74, 6) is 0.138. The van der Waals surface area contributed by atoms with Gasteiger partial charge in [0.2, 0.25) is 0 Å². The summed E-state index contributed by atoms with van der Waals surface area (Å²) in [6.07, 6.45) is 4.82. The number of hydrogen-bond acceptors (Lipinski definition) is 3. The summed E-state index contributed by atoms with van der Waals surface area (Å²) in [7, 11) is 1.45. The zero-order chi connectivity index (χ0) is 10.8. The third-order valence-electron chi connectivity index (χ3n) is 2.92. The number of ether oxygens (including phenoxy) is 1. The van der Waals surface area contributed by atoms with E-state index in [1.54, 1.807) is 0 Å². The lowest BCUT2D eigenvalue weighted by Crippen LogP contribution is -2.36. The van der Waals surface area contributed by atoms with Crippen LogP contribution in [0.5, 0.6) is 0 Å². The Morgan fingerprint density at radius 3 is 2.71 bits per heavy atom. The molecule has 0 fully saturated rings. The highest BCUT2D eigenvalue weighted by Gasteiger charge is 2.44. The normalized spacial score (nSPS) is 31.1. The van der Waals surface area contributed by atoms with Crippen molar-refractivity contribution in [2.45, 2.75) is 26.3 Å². The van der Waals surface area contributed by atoms with Crippen molar-refractivity contribution < 1.29 is 9.53 Å². The fourth-order valence-electron chi connectivity index (χ4n) is 1.87. The number of carbonyl (C=O) groups excluding carboxylic acids is 1. The smallest absolute Gasteiger partial charge is 0.315 e. The van der Waals surface area contributed by atoms with Crippen LogP contribution in [0, 0.1) is 11.3 Å². The highest BCUT2D eigenvalue weighted by Crippen LogP contribution is 2.40. The summed E-state index contributed by atoms with van der Waals surface area (Å²) in [6.45, 7) is 4.10. The van der Waals surface area contributed by atoms with Gasteiger partial charge in [0.05, 0.1) is 12.5 Å². The first-order chi connectivity index (χ1) is 6.56. The minimum Gasteiger partial charge on any atom is -0.468 e. The fourth-order valence-corrected chi connectivity index (χ4v) is 2.30. The lowest BCUT2D eigenvalue weighted by Gasteiger charge is -2.29. The second-order valence-corrected chi connectivity index (χ2v) is 4.59. The average molecular weight is 309 g/mol. The Kier molecular flexibility index (Phi) is 3.94. The van der Waals surface area contributed by atoms with E-state index in [2.05, 4.69) is 40.2 Å². The van der Waals surface area contributed by atoms with E-state index in [-0.39, 0.29) is 17.9 Å². The molecule has 0 aromatic carbocycles. The van der Waals surface area contributed by atoms with Gasteiger partial charge in [-0.25, -0.2) is 0 Å². The summed E-state index contributed by atoms with van der Waals surface area (Å²) in [4.78, 5) is 11.7. The van der Waals surface area contributed by atoms with Gasteiger partial charge in [-0.3, -0.25) is 8.32 Å². The molecule has 2 atom stereocenters. The molecule has 0 saturated carbocycles. The van der Waals surface area contributed by atoms with Crippen molar-refractivity contribution >= 4 is 28.8 Å². The van der Waals surface area contributed by atoms with Gasteiger partial charge in [0.1, 0.15) is 0 Å². The number of rotatable bonds is 3. The average Bonchev–Trinajstić information content (AvgIpc) is 2.61. The Bertz CT molecular complexity index is 253. The lowest BCUT2D eigenvalue weighted by atomic mass is 9.76. The lowest BCUT2D eigenvalue weighted by molar-refractivity contribution is -0.152. The number of esters is 1. The van der Waals surface area contributed by atoms with Crippen molar-refractivity contribution in [1.82, 2.24) is 3.53 Å². The molecule has 1 aliphatic rings. The van der Waals surface area contributed by atoms with Crippen LogP contribution in [0.2, 0.25) is 0 Å². The molecule has 1 N–H and O–H groups in total. The Morgan fingerprint density at radius 2 is 2.36 bits per heavy atom. The first-order valence-electron chi connectivity index (χ1n) is 4.70. The van der Waals surface area contributed by atoms with Crippen molar-refractivity contribution in [2.24, 2.45) is 11.3 Å².